The van der Waals surface area contributed by atoms with Gasteiger partial charge in [0.15, 0.2) is 0 Å². The van der Waals surface area contributed by atoms with Gasteiger partial charge in [0, 0.05) is 31.8 Å². The van der Waals surface area contributed by atoms with Gasteiger partial charge in [-0.2, -0.15) is 0 Å². The van der Waals surface area contributed by atoms with Gasteiger partial charge in [-0.05, 0) is 37.8 Å². The Bertz CT molecular complexity index is 669. The lowest BCUT2D eigenvalue weighted by Gasteiger charge is -2.43. The van der Waals surface area contributed by atoms with Gasteiger partial charge < -0.3 is 20.3 Å². The highest BCUT2D eigenvalue weighted by Crippen LogP contribution is 2.29. The fraction of sp³-hybridized carbons (Fsp3) is 0.524. The number of allylic oxidation sites excluding steroid dienone is 2. The number of carbonyl (C=O) groups excluding carboxylic acids is 2. The molecule has 146 valence electrons. The van der Waals surface area contributed by atoms with E-state index >= 15 is 0 Å². The molecule has 6 nitrogen and oxygen atoms in total. The van der Waals surface area contributed by atoms with Gasteiger partial charge in [-0.3, -0.25) is 9.59 Å². The maximum Gasteiger partial charge on any atom is 0.247 e. The highest BCUT2D eigenvalue weighted by Gasteiger charge is 2.44. The molecule has 0 saturated carbocycles. The largest absolute Gasteiger partial charge is 0.383 e. The van der Waals surface area contributed by atoms with Gasteiger partial charge in [0.25, 0.3) is 0 Å². The molecule has 1 saturated heterocycles. The quantitative estimate of drug-likeness (QED) is 0.569. The van der Waals surface area contributed by atoms with Crippen molar-refractivity contribution in [1.82, 2.24) is 10.2 Å². The number of likely N-dealkylation sites (tertiary alicyclic amines) is 1. The smallest absolute Gasteiger partial charge is 0.247 e. The summed E-state index contributed by atoms with van der Waals surface area (Å²) < 4.78 is 5.05. The van der Waals surface area contributed by atoms with Crippen LogP contribution in [0, 0.1) is 5.92 Å². The van der Waals surface area contributed by atoms with Crippen LogP contribution in [0.25, 0.3) is 0 Å². The van der Waals surface area contributed by atoms with E-state index in [0.717, 1.165) is 24.9 Å². The Kier molecular flexibility index (Phi) is 6.50. The summed E-state index contributed by atoms with van der Waals surface area (Å²) in [6.07, 6.45) is 7.22. The van der Waals surface area contributed by atoms with Crippen LogP contribution in [-0.2, 0) is 14.3 Å². The van der Waals surface area contributed by atoms with Gasteiger partial charge in [-0.25, -0.2) is 0 Å². The van der Waals surface area contributed by atoms with Gasteiger partial charge >= 0.3 is 0 Å². The minimum Gasteiger partial charge on any atom is -0.383 e. The molecular weight excluding hydrogens is 342 g/mol. The number of ether oxygens (including phenoxy) is 1. The number of nitrogens with one attached hydrogen (secondary N) is 2. The SMILES string of the molecule is COCCNC(=O)C1(Nc2ccccc2)CCCN(C(=O)C2CC=CC2)C1. The van der Waals surface area contributed by atoms with Crippen molar-refractivity contribution in [3.05, 3.63) is 42.5 Å². The highest BCUT2D eigenvalue weighted by atomic mass is 16.5. The molecular formula is C21H29N3O3. The third-order valence-corrected chi connectivity index (χ3v) is 5.34. The van der Waals surface area contributed by atoms with Crippen LogP contribution in [-0.4, -0.2) is 55.6 Å². The lowest BCUT2D eigenvalue weighted by atomic mass is 9.86. The second-order valence-electron chi connectivity index (χ2n) is 7.32. The molecule has 0 bridgehead atoms. The number of benzene rings is 1. The summed E-state index contributed by atoms with van der Waals surface area (Å²) >= 11 is 0. The van der Waals surface area contributed by atoms with Crippen LogP contribution in [0.5, 0.6) is 0 Å². The lowest BCUT2D eigenvalue weighted by Crippen LogP contribution is -2.63. The Labute approximate surface area is 161 Å². The highest BCUT2D eigenvalue weighted by molar-refractivity contribution is 5.91. The van der Waals surface area contributed by atoms with Crippen molar-refractivity contribution in [3.8, 4) is 0 Å². The number of carbonyl (C=O) groups is 2. The van der Waals surface area contributed by atoms with Crippen molar-refractivity contribution in [1.29, 1.82) is 0 Å². The van der Waals surface area contributed by atoms with Crippen LogP contribution in [0.15, 0.2) is 42.5 Å². The summed E-state index contributed by atoms with van der Waals surface area (Å²) in [5.74, 6) is 0.100. The summed E-state index contributed by atoms with van der Waals surface area (Å²) in [4.78, 5) is 27.9. The maximum atomic E-state index is 13.1. The molecule has 3 rings (SSSR count). The summed E-state index contributed by atoms with van der Waals surface area (Å²) in [6, 6.07) is 9.72. The molecule has 1 aliphatic heterocycles. The molecule has 0 spiro atoms. The van der Waals surface area contributed by atoms with E-state index in [4.69, 9.17) is 4.74 Å². The van der Waals surface area contributed by atoms with E-state index in [1.54, 1.807) is 7.11 Å². The normalized spacial score (nSPS) is 22.6. The Hall–Kier alpha value is -2.34. The van der Waals surface area contributed by atoms with Crippen molar-refractivity contribution in [2.24, 2.45) is 5.92 Å². The van der Waals surface area contributed by atoms with Gasteiger partial charge in [0.05, 0.1) is 13.2 Å². The molecule has 1 fully saturated rings. The molecule has 6 heteroatoms. The van der Waals surface area contributed by atoms with E-state index in [1.807, 2.05) is 35.2 Å². The second-order valence-corrected chi connectivity index (χ2v) is 7.32. The number of para-hydroxylation sites is 1. The Morgan fingerprint density at radius 2 is 1.96 bits per heavy atom. The minimum absolute atomic E-state index is 0.0223. The Balaban J connectivity index is 1.77. The van der Waals surface area contributed by atoms with E-state index in [-0.39, 0.29) is 17.7 Å². The molecule has 1 unspecified atom stereocenters. The first-order chi connectivity index (χ1) is 13.1. The third kappa shape index (κ3) is 4.69. The first-order valence-corrected chi connectivity index (χ1v) is 9.69. The molecule has 1 heterocycles. The monoisotopic (exact) mass is 371 g/mol. The van der Waals surface area contributed by atoms with Crippen LogP contribution >= 0.6 is 0 Å². The van der Waals surface area contributed by atoms with Crippen LogP contribution in [0.4, 0.5) is 5.69 Å². The van der Waals surface area contributed by atoms with Gasteiger partial charge in [0.2, 0.25) is 11.8 Å². The number of amides is 2. The van der Waals surface area contributed by atoms with Gasteiger partial charge in [-0.15, -0.1) is 0 Å². The van der Waals surface area contributed by atoms with E-state index in [0.29, 0.717) is 32.7 Å². The summed E-state index contributed by atoms with van der Waals surface area (Å²) in [6.45, 7) is 2.01. The van der Waals surface area contributed by atoms with Crippen molar-refractivity contribution in [3.63, 3.8) is 0 Å². The first-order valence-electron chi connectivity index (χ1n) is 9.69. The van der Waals surface area contributed by atoms with Crippen molar-refractivity contribution < 1.29 is 14.3 Å². The standard InChI is InChI=1S/C21H29N3O3/c1-27-15-13-22-20(26)21(23-18-10-3-2-4-11-18)12-7-14-24(16-21)19(25)17-8-5-6-9-17/h2-6,10-11,17,23H,7-9,12-16H2,1H3,(H,22,26). The lowest BCUT2D eigenvalue weighted by molar-refractivity contribution is -0.139. The summed E-state index contributed by atoms with van der Waals surface area (Å²) in [7, 11) is 1.61. The van der Waals surface area contributed by atoms with E-state index in [1.165, 1.54) is 0 Å². The number of hydrogen-bond acceptors (Lipinski definition) is 4. The van der Waals surface area contributed by atoms with Crippen LogP contribution in [0.2, 0.25) is 0 Å². The van der Waals surface area contributed by atoms with Crippen LogP contribution < -0.4 is 10.6 Å². The fourth-order valence-electron chi connectivity index (χ4n) is 3.90. The topological polar surface area (TPSA) is 70.7 Å². The molecule has 0 aromatic heterocycles. The van der Waals surface area contributed by atoms with Crippen LogP contribution in [0.3, 0.4) is 0 Å². The summed E-state index contributed by atoms with van der Waals surface area (Å²) in [5.41, 5.74) is 0.0610. The number of rotatable bonds is 7. The van der Waals surface area contributed by atoms with Crippen molar-refractivity contribution in [2.45, 2.75) is 31.2 Å². The molecule has 2 amide bonds. The predicted molar refractivity (Wildman–Crippen MR) is 105 cm³/mol. The molecule has 1 aromatic rings. The molecule has 27 heavy (non-hydrogen) atoms. The second kappa shape index (κ2) is 9.04. The molecule has 2 aliphatic rings. The minimum atomic E-state index is -0.824. The van der Waals surface area contributed by atoms with E-state index in [2.05, 4.69) is 22.8 Å². The van der Waals surface area contributed by atoms with E-state index < -0.39 is 5.54 Å². The zero-order valence-corrected chi connectivity index (χ0v) is 15.9. The van der Waals surface area contributed by atoms with E-state index in [9.17, 15) is 9.59 Å². The molecule has 2 N–H and O–H groups in total. The summed E-state index contributed by atoms with van der Waals surface area (Å²) in [5, 5.41) is 6.40. The number of piperidine rings is 1. The zero-order valence-electron chi connectivity index (χ0n) is 15.9. The van der Waals surface area contributed by atoms with Gasteiger partial charge in [-0.1, -0.05) is 30.4 Å². The zero-order chi connectivity index (χ0) is 19.1. The van der Waals surface area contributed by atoms with Gasteiger partial charge in [0.1, 0.15) is 5.54 Å². The Morgan fingerprint density at radius 3 is 2.67 bits per heavy atom. The molecule has 0 radical (unpaired) electrons. The fourth-order valence-corrected chi connectivity index (χ4v) is 3.90. The van der Waals surface area contributed by atoms with Crippen LogP contribution in [0.1, 0.15) is 25.7 Å². The first kappa shape index (κ1) is 19.4. The Morgan fingerprint density at radius 1 is 1.22 bits per heavy atom. The number of hydrogen-bond donors (Lipinski definition) is 2. The number of methoxy groups -OCH3 is 1. The average molecular weight is 371 g/mol. The third-order valence-electron chi connectivity index (χ3n) is 5.34. The maximum absolute atomic E-state index is 13.1. The average Bonchev–Trinajstić information content (AvgIpc) is 3.23. The number of nitrogens with zero attached hydrogens (tertiary/aromatic N) is 1. The molecule has 1 aliphatic carbocycles. The molecule has 1 aromatic carbocycles. The number of anilines is 1. The molecule has 1 atom stereocenters. The predicted octanol–water partition coefficient (Wildman–Crippen LogP) is 2.19. The van der Waals surface area contributed by atoms with Crippen molar-refractivity contribution >= 4 is 17.5 Å². The van der Waals surface area contributed by atoms with Crippen molar-refractivity contribution in [2.75, 3.05) is 38.7 Å².